The highest BCUT2D eigenvalue weighted by Gasteiger charge is 2.38. The molecule has 1 aliphatic heterocycles. The standard InChI is InChI=1S/C19H19Cl2N2O2/c1-14-22-8-9-23(14,10-11-24)18-12-17(21)6-7-19(18)25-13-15-2-4-16(20)5-3-15/h2-9,12,24H,10-11,13H2,1H3/q+1. The van der Waals surface area contributed by atoms with Gasteiger partial charge in [0.05, 0.1) is 12.8 Å². The fourth-order valence-electron chi connectivity index (χ4n) is 2.90. The summed E-state index contributed by atoms with van der Waals surface area (Å²) >= 11 is 12.2. The van der Waals surface area contributed by atoms with Crippen LogP contribution in [0.3, 0.4) is 0 Å². The molecule has 0 radical (unpaired) electrons. The number of quaternary nitrogens is 1. The van der Waals surface area contributed by atoms with E-state index in [4.69, 9.17) is 27.9 Å². The first-order chi connectivity index (χ1) is 12.0. The first kappa shape index (κ1) is 18.0. The molecule has 25 heavy (non-hydrogen) atoms. The van der Waals surface area contributed by atoms with Crippen molar-refractivity contribution in [3.8, 4) is 5.75 Å². The Labute approximate surface area is 157 Å². The summed E-state index contributed by atoms with van der Waals surface area (Å²) in [5, 5.41) is 10.9. The fourth-order valence-corrected chi connectivity index (χ4v) is 3.19. The summed E-state index contributed by atoms with van der Waals surface area (Å²) < 4.78 is 6.36. The van der Waals surface area contributed by atoms with Gasteiger partial charge in [0, 0.05) is 23.0 Å². The molecule has 1 atom stereocenters. The minimum Gasteiger partial charge on any atom is -0.483 e. The number of ether oxygens (including phenoxy) is 1. The number of aliphatic hydroxyl groups is 1. The molecule has 0 saturated heterocycles. The van der Waals surface area contributed by atoms with Crippen LogP contribution in [0.25, 0.3) is 0 Å². The van der Waals surface area contributed by atoms with E-state index in [1.807, 2.05) is 49.5 Å². The van der Waals surface area contributed by atoms with Gasteiger partial charge in [0.1, 0.15) is 19.4 Å². The second-order valence-electron chi connectivity index (χ2n) is 5.82. The van der Waals surface area contributed by atoms with E-state index >= 15 is 0 Å². The Morgan fingerprint density at radius 1 is 1.08 bits per heavy atom. The third-order valence-electron chi connectivity index (χ3n) is 4.27. The van der Waals surface area contributed by atoms with Crippen molar-refractivity contribution in [3.63, 3.8) is 0 Å². The van der Waals surface area contributed by atoms with E-state index in [1.54, 1.807) is 12.3 Å². The van der Waals surface area contributed by atoms with Crippen LogP contribution in [-0.2, 0) is 6.61 Å². The van der Waals surface area contributed by atoms with Gasteiger partial charge in [-0.1, -0.05) is 35.3 Å². The summed E-state index contributed by atoms with van der Waals surface area (Å²) in [6.07, 6.45) is 3.68. The number of hydrogen-bond donors (Lipinski definition) is 1. The SMILES string of the molecule is CC1=NC=C[N+]1(CCO)c1cc(Cl)ccc1OCc1ccc(Cl)cc1. The molecule has 4 nitrogen and oxygen atoms in total. The normalized spacial score (nSPS) is 19.1. The van der Waals surface area contributed by atoms with Gasteiger partial charge in [-0.05, 0) is 29.8 Å². The Bertz CT molecular complexity index is 819. The summed E-state index contributed by atoms with van der Waals surface area (Å²) in [4.78, 5) is 4.37. The van der Waals surface area contributed by atoms with Gasteiger partial charge in [-0.2, -0.15) is 0 Å². The average Bonchev–Trinajstić information content (AvgIpc) is 2.97. The van der Waals surface area contributed by atoms with Gasteiger partial charge < -0.3 is 9.84 Å². The number of amidine groups is 1. The number of benzene rings is 2. The topological polar surface area (TPSA) is 41.8 Å². The van der Waals surface area contributed by atoms with Gasteiger partial charge in [0.25, 0.3) is 0 Å². The zero-order valence-corrected chi connectivity index (χ0v) is 15.3. The summed E-state index contributed by atoms with van der Waals surface area (Å²) in [5.41, 5.74) is 1.87. The largest absolute Gasteiger partial charge is 0.483 e. The Morgan fingerprint density at radius 2 is 1.80 bits per heavy atom. The molecule has 0 aliphatic carbocycles. The van der Waals surface area contributed by atoms with E-state index in [0.29, 0.717) is 33.4 Å². The summed E-state index contributed by atoms with van der Waals surface area (Å²) in [6.45, 7) is 2.81. The monoisotopic (exact) mass is 377 g/mol. The molecule has 130 valence electrons. The van der Waals surface area contributed by atoms with Gasteiger partial charge in [-0.3, -0.25) is 0 Å². The molecule has 2 aromatic carbocycles. The molecule has 1 heterocycles. The Balaban J connectivity index is 1.94. The zero-order chi connectivity index (χ0) is 17.9. The quantitative estimate of drug-likeness (QED) is 0.736. The molecule has 0 saturated carbocycles. The predicted molar refractivity (Wildman–Crippen MR) is 103 cm³/mol. The maximum absolute atomic E-state index is 9.57. The van der Waals surface area contributed by atoms with Crippen LogP contribution in [0.15, 0.2) is 59.9 Å². The molecule has 1 aliphatic rings. The lowest BCUT2D eigenvalue weighted by Gasteiger charge is -2.31. The Morgan fingerprint density at radius 3 is 2.44 bits per heavy atom. The molecule has 1 N–H and O–H groups in total. The molecular formula is C19H19Cl2N2O2+. The molecule has 0 fully saturated rings. The Hall–Kier alpha value is -1.85. The summed E-state index contributed by atoms with van der Waals surface area (Å²) in [6, 6.07) is 13.0. The van der Waals surface area contributed by atoms with Crippen molar-refractivity contribution in [2.75, 3.05) is 13.2 Å². The van der Waals surface area contributed by atoms with Crippen LogP contribution in [0.4, 0.5) is 5.69 Å². The third-order valence-corrected chi connectivity index (χ3v) is 4.76. The lowest BCUT2D eigenvalue weighted by Crippen LogP contribution is -2.48. The lowest BCUT2D eigenvalue weighted by atomic mass is 10.2. The molecule has 6 heteroatoms. The maximum atomic E-state index is 9.57. The number of halogens is 2. The highest BCUT2D eigenvalue weighted by atomic mass is 35.5. The second kappa shape index (κ2) is 7.58. The second-order valence-corrected chi connectivity index (χ2v) is 6.69. The first-order valence-electron chi connectivity index (χ1n) is 7.94. The van der Waals surface area contributed by atoms with Crippen molar-refractivity contribution < 1.29 is 9.84 Å². The van der Waals surface area contributed by atoms with E-state index in [9.17, 15) is 5.11 Å². The van der Waals surface area contributed by atoms with Crippen molar-refractivity contribution >= 4 is 34.7 Å². The van der Waals surface area contributed by atoms with E-state index in [2.05, 4.69) is 4.99 Å². The number of rotatable bonds is 6. The first-order valence-corrected chi connectivity index (χ1v) is 8.69. The van der Waals surface area contributed by atoms with Crippen LogP contribution in [0.1, 0.15) is 12.5 Å². The molecule has 0 bridgehead atoms. The van der Waals surface area contributed by atoms with Crippen LogP contribution < -0.4 is 9.22 Å². The van der Waals surface area contributed by atoms with Gasteiger partial charge in [0.2, 0.25) is 5.84 Å². The maximum Gasteiger partial charge on any atom is 0.209 e. The zero-order valence-electron chi connectivity index (χ0n) is 13.8. The van der Waals surface area contributed by atoms with Crippen molar-refractivity contribution in [1.82, 2.24) is 4.48 Å². The van der Waals surface area contributed by atoms with Crippen LogP contribution in [0, 0.1) is 0 Å². The van der Waals surface area contributed by atoms with Gasteiger partial charge in [0.15, 0.2) is 11.4 Å². The average molecular weight is 378 g/mol. The van der Waals surface area contributed by atoms with Gasteiger partial charge in [-0.25, -0.2) is 9.48 Å². The highest BCUT2D eigenvalue weighted by Crippen LogP contribution is 2.39. The molecule has 0 spiro atoms. The summed E-state index contributed by atoms with van der Waals surface area (Å²) in [5.74, 6) is 1.56. The molecular weight excluding hydrogens is 359 g/mol. The lowest BCUT2D eigenvalue weighted by molar-refractivity contribution is 0.264. The van der Waals surface area contributed by atoms with Crippen LogP contribution >= 0.6 is 23.2 Å². The van der Waals surface area contributed by atoms with E-state index in [0.717, 1.165) is 17.1 Å². The molecule has 3 rings (SSSR count). The molecule has 0 amide bonds. The van der Waals surface area contributed by atoms with Gasteiger partial charge in [-0.15, -0.1) is 0 Å². The smallest absolute Gasteiger partial charge is 0.209 e. The number of aliphatic imine (C=N–C) groups is 1. The Kier molecular flexibility index (Phi) is 5.45. The minimum absolute atomic E-state index is 0.0142. The number of aliphatic hydroxyl groups excluding tert-OH is 1. The minimum atomic E-state index is 0.0142. The predicted octanol–water partition coefficient (Wildman–Crippen LogP) is 4.78. The van der Waals surface area contributed by atoms with Crippen LogP contribution in [-0.4, -0.2) is 24.1 Å². The van der Waals surface area contributed by atoms with Crippen LogP contribution in [0.5, 0.6) is 5.75 Å². The van der Waals surface area contributed by atoms with Crippen molar-refractivity contribution in [3.05, 3.63) is 70.5 Å². The number of nitrogens with zero attached hydrogens (tertiary/aromatic N) is 2. The van der Waals surface area contributed by atoms with Crippen LogP contribution in [0.2, 0.25) is 10.0 Å². The fraction of sp³-hybridized carbons (Fsp3) is 0.211. The number of hydrogen-bond acceptors (Lipinski definition) is 3. The van der Waals surface area contributed by atoms with E-state index in [-0.39, 0.29) is 6.61 Å². The van der Waals surface area contributed by atoms with Gasteiger partial charge >= 0.3 is 0 Å². The van der Waals surface area contributed by atoms with Crippen molar-refractivity contribution in [2.45, 2.75) is 13.5 Å². The highest BCUT2D eigenvalue weighted by molar-refractivity contribution is 6.31. The molecule has 0 aromatic heterocycles. The molecule has 1 unspecified atom stereocenters. The molecule has 2 aromatic rings. The van der Waals surface area contributed by atoms with Crippen molar-refractivity contribution in [1.29, 1.82) is 0 Å². The summed E-state index contributed by atoms with van der Waals surface area (Å²) in [7, 11) is 0. The van der Waals surface area contributed by atoms with E-state index in [1.165, 1.54) is 0 Å². The van der Waals surface area contributed by atoms with E-state index < -0.39 is 0 Å². The third kappa shape index (κ3) is 3.72. The van der Waals surface area contributed by atoms with Crippen molar-refractivity contribution in [2.24, 2.45) is 4.99 Å².